The maximum atomic E-state index is 9.77. The molecule has 0 aromatic heterocycles. The van der Waals surface area contributed by atoms with Crippen LogP contribution in [0.1, 0.15) is 93.7 Å². The number of phenolic OH excluding ortho intramolecular Hbond substituents is 4. The summed E-state index contributed by atoms with van der Waals surface area (Å²) in [6, 6.07) is 8.38. The van der Waals surface area contributed by atoms with Gasteiger partial charge in [0.05, 0.1) is 0 Å². The fourth-order valence-corrected chi connectivity index (χ4v) is 4.11. The van der Waals surface area contributed by atoms with Crippen molar-refractivity contribution in [1.29, 1.82) is 0 Å². The van der Waals surface area contributed by atoms with E-state index >= 15 is 0 Å². The Labute approximate surface area is 187 Å². The minimum absolute atomic E-state index is 0.141. The monoisotopic (exact) mass is 428 g/mol. The molecule has 0 amide bonds. The number of aryl methyl sites for hydroxylation is 2. The SMILES string of the molecule is Cc1c(O)cc(CCCCCCCCCCCCCCc2cc(O)cc(O)c2)cc1O. The Morgan fingerprint density at radius 3 is 1.16 bits per heavy atom. The second kappa shape index (κ2) is 13.8. The topological polar surface area (TPSA) is 80.9 Å². The average molecular weight is 429 g/mol. The molecule has 2 rings (SSSR count). The van der Waals surface area contributed by atoms with Crippen molar-refractivity contribution >= 4 is 0 Å². The molecule has 0 bridgehead atoms. The van der Waals surface area contributed by atoms with Gasteiger partial charge >= 0.3 is 0 Å². The van der Waals surface area contributed by atoms with Crippen molar-refractivity contribution in [3.8, 4) is 23.0 Å². The minimum atomic E-state index is 0.141. The van der Waals surface area contributed by atoms with Crippen molar-refractivity contribution in [2.45, 2.75) is 96.8 Å². The van der Waals surface area contributed by atoms with Crippen LogP contribution in [0.15, 0.2) is 30.3 Å². The van der Waals surface area contributed by atoms with Crippen LogP contribution < -0.4 is 0 Å². The molecule has 0 saturated carbocycles. The van der Waals surface area contributed by atoms with Crippen molar-refractivity contribution in [2.24, 2.45) is 0 Å². The summed E-state index contributed by atoms with van der Waals surface area (Å²) in [4.78, 5) is 0. The molecule has 4 nitrogen and oxygen atoms in total. The predicted molar refractivity (Wildman–Crippen MR) is 127 cm³/mol. The van der Waals surface area contributed by atoms with Gasteiger partial charge in [0.2, 0.25) is 0 Å². The van der Waals surface area contributed by atoms with Crippen LogP contribution in [-0.2, 0) is 12.8 Å². The van der Waals surface area contributed by atoms with Crippen LogP contribution in [0.4, 0.5) is 0 Å². The number of phenols is 4. The summed E-state index contributed by atoms with van der Waals surface area (Å²) in [7, 11) is 0. The van der Waals surface area contributed by atoms with Gasteiger partial charge in [0.15, 0.2) is 0 Å². The van der Waals surface area contributed by atoms with E-state index in [0.717, 1.165) is 36.8 Å². The maximum absolute atomic E-state index is 9.77. The lowest BCUT2D eigenvalue weighted by atomic mass is 10.0. The molecular weight excluding hydrogens is 388 g/mol. The van der Waals surface area contributed by atoms with Gasteiger partial charge in [-0.15, -0.1) is 0 Å². The van der Waals surface area contributed by atoms with E-state index in [4.69, 9.17) is 0 Å². The van der Waals surface area contributed by atoms with Crippen LogP contribution in [0.5, 0.6) is 23.0 Å². The molecule has 0 heterocycles. The van der Waals surface area contributed by atoms with Gasteiger partial charge in [-0.3, -0.25) is 0 Å². The van der Waals surface area contributed by atoms with Crippen molar-refractivity contribution in [2.75, 3.05) is 0 Å². The summed E-state index contributed by atoms with van der Waals surface area (Å²) in [6.07, 6.45) is 16.8. The van der Waals surface area contributed by atoms with E-state index in [2.05, 4.69) is 0 Å². The van der Waals surface area contributed by atoms with Gasteiger partial charge in [-0.1, -0.05) is 64.2 Å². The molecule has 0 spiro atoms. The highest BCUT2D eigenvalue weighted by Gasteiger charge is 2.05. The smallest absolute Gasteiger partial charge is 0.122 e. The van der Waals surface area contributed by atoms with Crippen LogP contribution in [0.25, 0.3) is 0 Å². The number of hydrogen-bond acceptors (Lipinski definition) is 4. The van der Waals surface area contributed by atoms with E-state index in [-0.39, 0.29) is 23.0 Å². The minimum Gasteiger partial charge on any atom is -0.508 e. The average Bonchev–Trinajstić information content (AvgIpc) is 2.71. The van der Waals surface area contributed by atoms with Gasteiger partial charge in [-0.25, -0.2) is 0 Å². The summed E-state index contributed by atoms with van der Waals surface area (Å²) in [5, 5.41) is 38.5. The van der Waals surface area contributed by atoms with Gasteiger partial charge in [-0.05, 0) is 68.0 Å². The molecule has 4 N–H and O–H groups in total. The maximum Gasteiger partial charge on any atom is 0.122 e. The van der Waals surface area contributed by atoms with Gasteiger partial charge < -0.3 is 20.4 Å². The lowest BCUT2D eigenvalue weighted by molar-refractivity contribution is 0.441. The highest BCUT2D eigenvalue weighted by molar-refractivity contribution is 5.45. The Kier molecular flexibility index (Phi) is 11.1. The molecule has 2 aromatic carbocycles. The highest BCUT2D eigenvalue weighted by Crippen LogP contribution is 2.28. The Bertz CT molecular complexity index is 742. The first-order chi connectivity index (χ1) is 15.0. The summed E-state index contributed by atoms with van der Waals surface area (Å²) < 4.78 is 0. The predicted octanol–water partition coefficient (Wildman–Crippen LogP) is 7.28. The first-order valence-corrected chi connectivity index (χ1v) is 12.0. The van der Waals surface area contributed by atoms with Crippen LogP contribution in [0.2, 0.25) is 0 Å². The Hall–Kier alpha value is -2.36. The third kappa shape index (κ3) is 9.99. The molecule has 0 atom stereocenters. The van der Waals surface area contributed by atoms with Gasteiger partial charge in [0.1, 0.15) is 23.0 Å². The number of unbranched alkanes of at least 4 members (excludes halogenated alkanes) is 11. The van der Waals surface area contributed by atoms with Crippen molar-refractivity contribution in [3.63, 3.8) is 0 Å². The normalized spacial score (nSPS) is 11.1. The number of benzene rings is 2. The lowest BCUT2D eigenvalue weighted by Gasteiger charge is -2.07. The Morgan fingerprint density at radius 2 is 0.774 bits per heavy atom. The third-order valence-corrected chi connectivity index (χ3v) is 6.06. The summed E-state index contributed by atoms with van der Waals surface area (Å²) in [6.45, 7) is 1.72. The van der Waals surface area contributed by atoms with Crippen LogP contribution in [0, 0.1) is 6.92 Å². The zero-order valence-electron chi connectivity index (χ0n) is 19.1. The van der Waals surface area contributed by atoms with E-state index in [0.29, 0.717) is 5.56 Å². The standard InChI is InChI=1S/C27H40O4/c1-21-26(30)18-23(19-27(21)31)15-13-11-9-7-5-3-2-4-6-8-10-12-14-22-16-24(28)20-25(29)17-22/h16-20,28-31H,2-15H2,1H3. The van der Waals surface area contributed by atoms with Crippen LogP contribution >= 0.6 is 0 Å². The zero-order chi connectivity index (χ0) is 22.5. The molecule has 172 valence electrons. The number of hydrogen-bond donors (Lipinski definition) is 4. The molecular formula is C27H40O4. The quantitative estimate of drug-likeness (QED) is 0.225. The summed E-state index contributed by atoms with van der Waals surface area (Å²) >= 11 is 0. The molecule has 0 fully saturated rings. The Morgan fingerprint density at radius 1 is 0.452 bits per heavy atom. The van der Waals surface area contributed by atoms with Gasteiger partial charge in [-0.2, -0.15) is 0 Å². The molecule has 4 heteroatoms. The van der Waals surface area contributed by atoms with E-state index in [1.807, 2.05) is 0 Å². The summed E-state index contributed by atoms with van der Waals surface area (Å²) in [5.41, 5.74) is 2.58. The molecule has 0 radical (unpaired) electrons. The molecule has 0 aliphatic heterocycles. The van der Waals surface area contributed by atoms with E-state index in [1.165, 1.54) is 70.3 Å². The summed E-state index contributed by atoms with van der Waals surface area (Å²) in [5.74, 6) is 0.655. The second-order valence-corrected chi connectivity index (χ2v) is 8.86. The van der Waals surface area contributed by atoms with Gasteiger partial charge in [0, 0.05) is 11.6 Å². The molecule has 0 aliphatic carbocycles. The fraction of sp³-hybridized carbons (Fsp3) is 0.556. The Balaban J connectivity index is 1.37. The zero-order valence-corrected chi connectivity index (χ0v) is 19.1. The molecule has 0 saturated heterocycles. The first-order valence-electron chi connectivity index (χ1n) is 12.0. The van der Waals surface area contributed by atoms with Crippen molar-refractivity contribution in [3.05, 3.63) is 47.0 Å². The van der Waals surface area contributed by atoms with E-state index < -0.39 is 0 Å². The van der Waals surface area contributed by atoms with Crippen molar-refractivity contribution in [1.82, 2.24) is 0 Å². The fourth-order valence-electron chi connectivity index (χ4n) is 4.11. The molecule has 0 aliphatic rings. The highest BCUT2D eigenvalue weighted by atomic mass is 16.3. The largest absolute Gasteiger partial charge is 0.508 e. The molecule has 31 heavy (non-hydrogen) atoms. The van der Waals surface area contributed by atoms with E-state index in [1.54, 1.807) is 31.2 Å². The lowest BCUT2D eigenvalue weighted by Crippen LogP contribution is -1.89. The van der Waals surface area contributed by atoms with Crippen LogP contribution in [0.3, 0.4) is 0 Å². The van der Waals surface area contributed by atoms with Crippen molar-refractivity contribution < 1.29 is 20.4 Å². The molecule has 0 unspecified atom stereocenters. The third-order valence-electron chi connectivity index (χ3n) is 6.06. The van der Waals surface area contributed by atoms with E-state index in [9.17, 15) is 20.4 Å². The number of rotatable bonds is 15. The first kappa shape index (κ1) is 24.9. The van der Waals surface area contributed by atoms with Gasteiger partial charge in [0.25, 0.3) is 0 Å². The molecule has 2 aromatic rings. The van der Waals surface area contributed by atoms with Crippen LogP contribution in [-0.4, -0.2) is 20.4 Å². The second-order valence-electron chi connectivity index (χ2n) is 8.86. The number of aromatic hydroxyl groups is 4.